The predicted molar refractivity (Wildman–Crippen MR) is 79.1 cm³/mol. The van der Waals surface area contributed by atoms with Gasteiger partial charge in [-0.1, -0.05) is 24.8 Å². The summed E-state index contributed by atoms with van der Waals surface area (Å²) in [7, 11) is 0. The molecule has 18 heavy (non-hydrogen) atoms. The minimum Gasteiger partial charge on any atom is -0.489 e. The van der Waals surface area contributed by atoms with Crippen molar-refractivity contribution in [2.45, 2.75) is 6.92 Å². The zero-order valence-corrected chi connectivity index (χ0v) is 11.2. The maximum absolute atomic E-state index is 5.51. The van der Waals surface area contributed by atoms with Gasteiger partial charge in [0.25, 0.3) is 0 Å². The van der Waals surface area contributed by atoms with E-state index in [4.69, 9.17) is 17.0 Å². The van der Waals surface area contributed by atoms with E-state index < -0.39 is 0 Å². The zero-order valence-electron chi connectivity index (χ0n) is 10.3. The molecule has 1 aromatic carbocycles. The van der Waals surface area contributed by atoms with E-state index in [0.717, 1.165) is 17.9 Å². The minimum atomic E-state index is 0.466. The van der Waals surface area contributed by atoms with E-state index in [2.05, 4.69) is 22.4 Å². The average molecular weight is 263 g/mol. The summed E-state index contributed by atoms with van der Waals surface area (Å²) >= 11 is 4.99. The number of benzene rings is 1. The van der Waals surface area contributed by atoms with Gasteiger partial charge in [-0.25, -0.2) is 0 Å². The Morgan fingerprint density at radius 1 is 1.50 bits per heavy atom. The number of para-hydroxylation sites is 1. The van der Waals surface area contributed by atoms with E-state index in [1.54, 1.807) is 12.3 Å². The summed E-state index contributed by atoms with van der Waals surface area (Å²) in [5.74, 6) is 0.761. The molecule has 0 bridgehead atoms. The topological polar surface area (TPSA) is 45.6 Å². The van der Waals surface area contributed by atoms with Crippen LogP contribution in [0.5, 0.6) is 5.75 Å². The van der Waals surface area contributed by atoms with Crippen molar-refractivity contribution in [1.29, 1.82) is 0 Å². The van der Waals surface area contributed by atoms with Gasteiger partial charge in [-0.15, -0.1) is 0 Å². The van der Waals surface area contributed by atoms with E-state index in [-0.39, 0.29) is 0 Å². The van der Waals surface area contributed by atoms with Crippen LogP contribution in [-0.2, 0) is 0 Å². The van der Waals surface area contributed by atoms with E-state index in [1.807, 2.05) is 31.2 Å². The molecule has 96 valence electrons. The highest BCUT2D eigenvalue weighted by molar-refractivity contribution is 7.80. The maximum atomic E-state index is 5.51. The molecular weight excluding hydrogens is 246 g/mol. The highest BCUT2D eigenvalue weighted by Crippen LogP contribution is 2.15. The van der Waals surface area contributed by atoms with E-state index in [0.29, 0.717) is 11.7 Å². The first-order chi connectivity index (χ1) is 8.77. The van der Waals surface area contributed by atoms with Crippen molar-refractivity contribution in [3.63, 3.8) is 0 Å². The summed E-state index contributed by atoms with van der Waals surface area (Å²) in [5.41, 5.74) is 3.61. The van der Waals surface area contributed by atoms with Crippen molar-refractivity contribution in [3.8, 4) is 5.75 Å². The van der Waals surface area contributed by atoms with Crippen molar-refractivity contribution in [3.05, 3.63) is 42.5 Å². The molecule has 0 amide bonds. The molecule has 0 atom stereocenters. The van der Waals surface area contributed by atoms with Crippen LogP contribution >= 0.6 is 12.2 Å². The second-order valence-electron chi connectivity index (χ2n) is 3.37. The second-order valence-corrected chi connectivity index (χ2v) is 3.78. The van der Waals surface area contributed by atoms with Crippen LogP contribution in [0.15, 0.2) is 42.0 Å². The third kappa shape index (κ3) is 4.97. The molecular formula is C13H17N3OS. The quantitative estimate of drug-likeness (QED) is 0.357. The summed E-state index contributed by atoms with van der Waals surface area (Å²) in [6.07, 6.45) is 3.37. The Balaban J connectivity index is 2.62. The number of rotatable bonds is 6. The first-order valence-corrected chi connectivity index (χ1v) is 6.08. The summed E-state index contributed by atoms with van der Waals surface area (Å²) in [4.78, 5) is 0. The molecule has 0 heterocycles. The zero-order chi connectivity index (χ0) is 13.2. The molecule has 1 rings (SSSR count). The SMILES string of the molecule is C=CCOc1ccccc1/C=N\NC(=S)NCC. The molecule has 0 aromatic heterocycles. The Morgan fingerprint density at radius 2 is 2.28 bits per heavy atom. The maximum Gasteiger partial charge on any atom is 0.186 e. The molecule has 5 heteroatoms. The lowest BCUT2D eigenvalue weighted by molar-refractivity contribution is 0.362. The van der Waals surface area contributed by atoms with Crippen LogP contribution in [0.1, 0.15) is 12.5 Å². The van der Waals surface area contributed by atoms with Gasteiger partial charge in [0.2, 0.25) is 0 Å². The monoisotopic (exact) mass is 263 g/mol. The van der Waals surface area contributed by atoms with Crippen LogP contribution in [-0.4, -0.2) is 24.5 Å². The molecule has 0 saturated heterocycles. The normalized spacial score (nSPS) is 10.1. The van der Waals surface area contributed by atoms with E-state index in [9.17, 15) is 0 Å². The van der Waals surface area contributed by atoms with Crippen molar-refractivity contribution in [2.75, 3.05) is 13.2 Å². The second kappa shape index (κ2) is 8.25. The molecule has 0 radical (unpaired) electrons. The Hall–Kier alpha value is -1.88. The number of nitrogens with zero attached hydrogens (tertiary/aromatic N) is 1. The van der Waals surface area contributed by atoms with Gasteiger partial charge in [0.05, 0.1) is 6.21 Å². The molecule has 4 nitrogen and oxygen atoms in total. The Morgan fingerprint density at radius 3 is 3.00 bits per heavy atom. The number of hydrogen-bond donors (Lipinski definition) is 2. The van der Waals surface area contributed by atoms with Gasteiger partial charge in [0.1, 0.15) is 12.4 Å². The highest BCUT2D eigenvalue weighted by Gasteiger charge is 1.98. The van der Waals surface area contributed by atoms with Gasteiger partial charge in [-0.2, -0.15) is 5.10 Å². The third-order valence-electron chi connectivity index (χ3n) is 1.98. The number of hydrogen-bond acceptors (Lipinski definition) is 3. The van der Waals surface area contributed by atoms with Crippen molar-refractivity contribution < 1.29 is 4.74 Å². The average Bonchev–Trinajstić information content (AvgIpc) is 2.38. The third-order valence-corrected chi connectivity index (χ3v) is 2.22. The van der Waals surface area contributed by atoms with E-state index in [1.165, 1.54) is 0 Å². The highest BCUT2D eigenvalue weighted by atomic mass is 32.1. The number of nitrogens with one attached hydrogen (secondary N) is 2. The fraction of sp³-hybridized carbons (Fsp3) is 0.231. The number of ether oxygens (including phenoxy) is 1. The molecule has 0 fully saturated rings. The van der Waals surface area contributed by atoms with Gasteiger partial charge in [-0.05, 0) is 31.3 Å². The summed E-state index contributed by atoms with van der Waals surface area (Å²) < 4.78 is 5.51. The van der Waals surface area contributed by atoms with Gasteiger partial charge in [0.15, 0.2) is 5.11 Å². The molecule has 0 aliphatic rings. The van der Waals surface area contributed by atoms with Crippen LogP contribution in [0.4, 0.5) is 0 Å². The lowest BCUT2D eigenvalue weighted by Crippen LogP contribution is -2.31. The smallest absolute Gasteiger partial charge is 0.186 e. The first-order valence-electron chi connectivity index (χ1n) is 5.67. The molecule has 0 spiro atoms. The molecule has 0 unspecified atom stereocenters. The van der Waals surface area contributed by atoms with Gasteiger partial charge in [0, 0.05) is 12.1 Å². The van der Waals surface area contributed by atoms with Crippen LogP contribution in [0.2, 0.25) is 0 Å². The van der Waals surface area contributed by atoms with Gasteiger partial charge < -0.3 is 10.1 Å². The van der Waals surface area contributed by atoms with Crippen LogP contribution in [0.25, 0.3) is 0 Å². The van der Waals surface area contributed by atoms with Crippen molar-refractivity contribution in [1.82, 2.24) is 10.7 Å². The summed E-state index contributed by atoms with van der Waals surface area (Å²) in [6.45, 7) is 6.81. The van der Waals surface area contributed by atoms with Gasteiger partial charge in [-0.3, -0.25) is 5.43 Å². The fourth-order valence-corrected chi connectivity index (χ4v) is 1.42. The van der Waals surface area contributed by atoms with Crippen molar-refractivity contribution >= 4 is 23.5 Å². The molecule has 1 aromatic rings. The first kappa shape index (κ1) is 14.2. The standard InChI is InChI=1S/C13H17N3OS/c1-3-9-17-12-8-6-5-7-11(12)10-15-16-13(18)14-4-2/h3,5-8,10H,1,4,9H2,2H3,(H2,14,16,18)/b15-10-. The van der Waals surface area contributed by atoms with Gasteiger partial charge >= 0.3 is 0 Å². The summed E-state index contributed by atoms with van der Waals surface area (Å²) in [6, 6.07) is 7.63. The van der Waals surface area contributed by atoms with Crippen LogP contribution < -0.4 is 15.5 Å². The number of thiocarbonyl (C=S) groups is 1. The summed E-state index contributed by atoms with van der Waals surface area (Å²) in [5, 5.41) is 7.49. The predicted octanol–water partition coefficient (Wildman–Crippen LogP) is 2.07. The van der Waals surface area contributed by atoms with Crippen LogP contribution in [0, 0.1) is 0 Å². The molecule has 0 saturated carbocycles. The largest absolute Gasteiger partial charge is 0.489 e. The van der Waals surface area contributed by atoms with E-state index >= 15 is 0 Å². The lowest BCUT2D eigenvalue weighted by Gasteiger charge is -2.06. The molecule has 2 N–H and O–H groups in total. The molecule has 0 aliphatic carbocycles. The Kier molecular flexibility index (Phi) is 6.50. The fourth-order valence-electron chi connectivity index (χ4n) is 1.23. The Bertz CT molecular complexity index is 432. The van der Waals surface area contributed by atoms with Crippen molar-refractivity contribution in [2.24, 2.45) is 5.10 Å². The van der Waals surface area contributed by atoms with Crippen LogP contribution in [0.3, 0.4) is 0 Å². The number of hydrazone groups is 1. The molecule has 0 aliphatic heterocycles. The minimum absolute atomic E-state index is 0.466. The lowest BCUT2D eigenvalue weighted by atomic mass is 10.2. The Labute approximate surface area is 113 Å².